The van der Waals surface area contributed by atoms with Crippen LogP contribution in [0.3, 0.4) is 0 Å². The molecule has 1 saturated heterocycles. The first-order valence-electron chi connectivity index (χ1n) is 12.3. The first-order chi connectivity index (χ1) is 17.5. The minimum atomic E-state index is -0.784. The Morgan fingerprint density at radius 3 is 2.30 bits per heavy atom. The monoisotopic (exact) mass is 499 g/mol. The number of amides is 1. The standard InChI is InChI=1S/C31H33NO5/c1-19-10-9-12-21(16-19)27-26(28(33)23-17-20(2)14-15-25(23)36-6)29(34)30(35)32(27)18-22-11-7-8-13-24(22)37-31(3,4)5/h7-17,27,33H,18H2,1-6H3/b28-26+. The molecule has 0 aromatic heterocycles. The minimum absolute atomic E-state index is 0.0359. The molecule has 1 aliphatic rings. The molecule has 0 aliphatic carbocycles. The van der Waals surface area contributed by atoms with E-state index in [4.69, 9.17) is 9.47 Å². The van der Waals surface area contributed by atoms with E-state index in [1.165, 1.54) is 12.0 Å². The highest BCUT2D eigenvalue weighted by Gasteiger charge is 2.46. The Labute approximate surface area is 218 Å². The highest BCUT2D eigenvalue weighted by Crippen LogP contribution is 2.42. The normalized spacial score (nSPS) is 17.2. The molecule has 0 radical (unpaired) electrons. The zero-order chi connectivity index (χ0) is 26.9. The largest absolute Gasteiger partial charge is 0.507 e. The third kappa shape index (κ3) is 5.38. The number of Topliss-reactive ketones (excluding diaryl/α,β-unsaturated/α-hetero) is 1. The quantitative estimate of drug-likeness (QED) is 0.252. The van der Waals surface area contributed by atoms with Crippen molar-refractivity contribution in [2.75, 3.05) is 7.11 Å². The van der Waals surface area contributed by atoms with E-state index in [0.717, 1.165) is 22.3 Å². The number of methoxy groups -OCH3 is 1. The molecule has 0 saturated carbocycles. The maximum absolute atomic E-state index is 13.5. The van der Waals surface area contributed by atoms with Crippen molar-refractivity contribution in [1.82, 2.24) is 4.90 Å². The molecular weight excluding hydrogens is 466 g/mol. The summed E-state index contributed by atoms with van der Waals surface area (Å²) in [5.74, 6) is -0.611. The molecule has 0 bridgehead atoms. The van der Waals surface area contributed by atoms with Crippen molar-refractivity contribution in [2.24, 2.45) is 0 Å². The Bertz CT molecular complexity index is 1380. The van der Waals surface area contributed by atoms with Gasteiger partial charge in [-0.3, -0.25) is 9.59 Å². The van der Waals surface area contributed by atoms with Crippen LogP contribution >= 0.6 is 0 Å². The molecule has 6 nitrogen and oxygen atoms in total. The number of nitrogens with zero attached hydrogens (tertiary/aromatic N) is 1. The highest BCUT2D eigenvalue weighted by atomic mass is 16.5. The van der Waals surface area contributed by atoms with Crippen LogP contribution in [-0.4, -0.2) is 34.4 Å². The lowest BCUT2D eigenvalue weighted by atomic mass is 9.93. The van der Waals surface area contributed by atoms with Crippen LogP contribution in [0.2, 0.25) is 0 Å². The number of ketones is 1. The van der Waals surface area contributed by atoms with Gasteiger partial charge >= 0.3 is 0 Å². The van der Waals surface area contributed by atoms with Gasteiger partial charge in [0.2, 0.25) is 0 Å². The molecule has 1 N–H and O–H groups in total. The first-order valence-corrected chi connectivity index (χ1v) is 12.3. The Morgan fingerprint density at radius 2 is 1.62 bits per heavy atom. The Kier molecular flexibility index (Phi) is 7.12. The predicted octanol–water partition coefficient (Wildman–Crippen LogP) is 6.11. The molecule has 4 rings (SSSR count). The highest BCUT2D eigenvalue weighted by molar-refractivity contribution is 6.46. The van der Waals surface area contributed by atoms with E-state index in [-0.39, 0.29) is 17.9 Å². The van der Waals surface area contributed by atoms with Gasteiger partial charge < -0.3 is 19.5 Å². The van der Waals surface area contributed by atoms with Crippen LogP contribution in [0.25, 0.3) is 5.76 Å². The lowest BCUT2D eigenvalue weighted by Crippen LogP contribution is -2.30. The SMILES string of the molecule is COc1ccc(C)cc1/C(O)=C1\C(=O)C(=O)N(Cc2ccccc2OC(C)(C)C)C1c1cccc(C)c1. The van der Waals surface area contributed by atoms with Crippen LogP contribution in [0.5, 0.6) is 11.5 Å². The second kappa shape index (κ2) is 10.1. The first kappa shape index (κ1) is 26.0. The van der Waals surface area contributed by atoms with Crippen LogP contribution in [0, 0.1) is 13.8 Å². The maximum atomic E-state index is 13.5. The lowest BCUT2D eigenvalue weighted by molar-refractivity contribution is -0.140. The number of aliphatic hydroxyl groups excluding tert-OH is 1. The molecule has 1 unspecified atom stereocenters. The zero-order valence-electron chi connectivity index (χ0n) is 22.2. The van der Waals surface area contributed by atoms with Gasteiger partial charge in [0.25, 0.3) is 11.7 Å². The average Bonchev–Trinajstić information content (AvgIpc) is 3.09. The van der Waals surface area contributed by atoms with E-state index in [1.54, 1.807) is 12.1 Å². The van der Waals surface area contributed by atoms with Gasteiger partial charge in [0.05, 0.1) is 30.8 Å². The Hall–Kier alpha value is -4.06. The van der Waals surface area contributed by atoms with E-state index < -0.39 is 23.3 Å². The summed E-state index contributed by atoms with van der Waals surface area (Å²) in [7, 11) is 1.50. The van der Waals surface area contributed by atoms with E-state index in [0.29, 0.717) is 17.1 Å². The molecule has 1 fully saturated rings. The van der Waals surface area contributed by atoms with E-state index >= 15 is 0 Å². The minimum Gasteiger partial charge on any atom is -0.507 e. The number of para-hydroxylation sites is 1. The molecule has 37 heavy (non-hydrogen) atoms. The van der Waals surface area contributed by atoms with Gasteiger partial charge in [-0.15, -0.1) is 0 Å². The van der Waals surface area contributed by atoms with Crippen LogP contribution in [0.4, 0.5) is 0 Å². The van der Waals surface area contributed by atoms with Gasteiger partial charge in [-0.1, -0.05) is 59.7 Å². The average molecular weight is 500 g/mol. The fourth-order valence-corrected chi connectivity index (χ4v) is 4.63. The summed E-state index contributed by atoms with van der Waals surface area (Å²) < 4.78 is 11.6. The van der Waals surface area contributed by atoms with Gasteiger partial charge in [-0.2, -0.15) is 0 Å². The second-order valence-electron chi connectivity index (χ2n) is 10.4. The maximum Gasteiger partial charge on any atom is 0.295 e. The molecule has 3 aromatic carbocycles. The molecule has 3 aromatic rings. The van der Waals surface area contributed by atoms with Gasteiger partial charge in [-0.25, -0.2) is 0 Å². The molecule has 0 spiro atoms. The summed E-state index contributed by atoms with van der Waals surface area (Å²) >= 11 is 0. The van der Waals surface area contributed by atoms with Crippen molar-refractivity contribution in [2.45, 2.75) is 52.8 Å². The molecule has 1 aliphatic heterocycles. The van der Waals surface area contributed by atoms with Gasteiger partial charge in [0.15, 0.2) is 0 Å². The van der Waals surface area contributed by atoms with Crippen molar-refractivity contribution in [3.8, 4) is 11.5 Å². The number of benzene rings is 3. The number of carbonyl (C=O) groups excluding carboxylic acids is 2. The number of rotatable bonds is 6. The van der Waals surface area contributed by atoms with Crippen molar-refractivity contribution in [1.29, 1.82) is 0 Å². The number of hydrogen-bond acceptors (Lipinski definition) is 5. The van der Waals surface area contributed by atoms with Crippen LogP contribution in [-0.2, 0) is 16.1 Å². The van der Waals surface area contributed by atoms with E-state index in [1.807, 2.05) is 89.2 Å². The molecule has 1 atom stereocenters. The van der Waals surface area contributed by atoms with Crippen LogP contribution < -0.4 is 9.47 Å². The molecular formula is C31H33NO5. The fourth-order valence-electron chi connectivity index (χ4n) is 4.63. The summed E-state index contributed by atoms with van der Waals surface area (Å²) in [6, 6.07) is 19.7. The lowest BCUT2D eigenvalue weighted by Gasteiger charge is -2.28. The third-order valence-corrected chi connectivity index (χ3v) is 6.24. The molecule has 1 amide bonds. The molecule has 192 valence electrons. The number of hydrogen-bond donors (Lipinski definition) is 1. The number of aryl methyl sites for hydroxylation is 2. The van der Waals surface area contributed by atoms with E-state index in [2.05, 4.69) is 0 Å². The van der Waals surface area contributed by atoms with Crippen molar-refractivity contribution in [3.05, 3.63) is 100 Å². The van der Waals surface area contributed by atoms with Crippen molar-refractivity contribution in [3.63, 3.8) is 0 Å². The third-order valence-electron chi connectivity index (χ3n) is 6.24. The summed E-state index contributed by atoms with van der Waals surface area (Å²) in [5.41, 5.74) is 3.33. The second-order valence-corrected chi connectivity index (χ2v) is 10.4. The Balaban J connectivity index is 1.89. The summed E-state index contributed by atoms with van der Waals surface area (Å²) in [5, 5.41) is 11.5. The predicted molar refractivity (Wildman–Crippen MR) is 144 cm³/mol. The van der Waals surface area contributed by atoms with Crippen molar-refractivity contribution >= 4 is 17.4 Å². The molecule has 1 heterocycles. The van der Waals surface area contributed by atoms with Gasteiger partial charge in [0, 0.05) is 5.56 Å². The van der Waals surface area contributed by atoms with Gasteiger partial charge in [-0.05, 0) is 58.4 Å². The number of likely N-dealkylation sites (tertiary alicyclic amines) is 1. The smallest absolute Gasteiger partial charge is 0.295 e. The van der Waals surface area contributed by atoms with E-state index in [9.17, 15) is 14.7 Å². The summed E-state index contributed by atoms with van der Waals surface area (Å²) in [6.07, 6.45) is 0. The van der Waals surface area contributed by atoms with Gasteiger partial charge in [0.1, 0.15) is 22.9 Å². The molecule has 6 heteroatoms. The number of carbonyl (C=O) groups is 2. The van der Waals surface area contributed by atoms with Crippen molar-refractivity contribution < 1.29 is 24.2 Å². The van der Waals surface area contributed by atoms with Crippen LogP contribution in [0.15, 0.2) is 72.3 Å². The zero-order valence-corrected chi connectivity index (χ0v) is 22.2. The topological polar surface area (TPSA) is 76.1 Å². The number of aliphatic hydroxyl groups is 1. The Morgan fingerprint density at radius 1 is 0.919 bits per heavy atom. The number of ether oxygens (including phenoxy) is 2. The summed E-state index contributed by atoms with van der Waals surface area (Å²) in [6.45, 7) is 9.84. The fraction of sp³-hybridized carbons (Fsp3) is 0.290. The summed E-state index contributed by atoms with van der Waals surface area (Å²) in [4.78, 5) is 28.5. The van der Waals surface area contributed by atoms with Crippen LogP contribution in [0.1, 0.15) is 54.6 Å².